The molecule has 0 aliphatic rings. The van der Waals surface area contributed by atoms with Gasteiger partial charge in [0.25, 0.3) is 10.0 Å². The van der Waals surface area contributed by atoms with Crippen LogP contribution in [-0.4, -0.2) is 30.5 Å². The van der Waals surface area contributed by atoms with Gasteiger partial charge in [0.2, 0.25) is 0 Å². The van der Waals surface area contributed by atoms with Crippen LogP contribution >= 0.6 is 0 Å². The van der Waals surface area contributed by atoms with Crippen molar-refractivity contribution in [1.29, 1.82) is 0 Å². The van der Waals surface area contributed by atoms with Gasteiger partial charge in [0.1, 0.15) is 10.5 Å². The van der Waals surface area contributed by atoms with E-state index in [4.69, 9.17) is 4.74 Å². The van der Waals surface area contributed by atoms with Crippen LogP contribution in [0, 0.1) is 6.92 Å². The van der Waals surface area contributed by atoms with Crippen LogP contribution < -0.4 is 4.72 Å². The first-order valence-corrected chi connectivity index (χ1v) is 7.83. The molecule has 21 heavy (non-hydrogen) atoms. The molecule has 0 spiro atoms. The number of hydrogen-bond donors (Lipinski definition) is 2. The second-order valence-electron chi connectivity index (χ2n) is 4.54. The largest absolute Gasteiger partial charge is 0.462 e. The fourth-order valence-corrected chi connectivity index (χ4v) is 3.03. The van der Waals surface area contributed by atoms with Crippen LogP contribution in [0.15, 0.2) is 29.6 Å². The Morgan fingerprint density at radius 3 is 2.76 bits per heavy atom. The number of nitrogens with one attached hydrogen (secondary N) is 2. The van der Waals surface area contributed by atoms with E-state index in [1.54, 1.807) is 31.7 Å². The van der Waals surface area contributed by atoms with E-state index in [1.807, 2.05) is 0 Å². The molecule has 0 amide bonds. The van der Waals surface area contributed by atoms with Gasteiger partial charge in [0, 0.05) is 31.3 Å². The standard InChI is InChI=1S/C13H17N3O4S/c1-4-20-13(17)12-9(2)14-7-11(12)15-21(18,19)10-5-6-16(3)8-10/h5-8,14-15H,4H2,1-3H3. The van der Waals surface area contributed by atoms with E-state index in [1.165, 1.54) is 18.5 Å². The third-order valence-electron chi connectivity index (χ3n) is 2.92. The molecule has 2 aromatic heterocycles. The SMILES string of the molecule is CCOC(=O)c1c(NS(=O)(=O)c2ccn(C)c2)c[nH]c1C. The van der Waals surface area contributed by atoms with Gasteiger partial charge in [-0.05, 0) is 19.9 Å². The average Bonchev–Trinajstić information content (AvgIpc) is 2.97. The van der Waals surface area contributed by atoms with E-state index in [0.717, 1.165) is 0 Å². The van der Waals surface area contributed by atoms with Crippen molar-refractivity contribution in [3.8, 4) is 0 Å². The number of nitrogens with zero attached hydrogens (tertiary/aromatic N) is 1. The molecule has 0 unspecified atom stereocenters. The molecule has 0 saturated heterocycles. The monoisotopic (exact) mass is 311 g/mol. The van der Waals surface area contributed by atoms with Gasteiger partial charge in [-0.1, -0.05) is 0 Å². The van der Waals surface area contributed by atoms with Crippen LogP contribution in [0.25, 0.3) is 0 Å². The van der Waals surface area contributed by atoms with Crippen molar-refractivity contribution in [2.24, 2.45) is 7.05 Å². The normalized spacial score (nSPS) is 11.4. The quantitative estimate of drug-likeness (QED) is 0.821. The highest BCUT2D eigenvalue weighted by atomic mass is 32.2. The Morgan fingerprint density at radius 2 is 2.19 bits per heavy atom. The number of hydrogen-bond acceptors (Lipinski definition) is 4. The minimum Gasteiger partial charge on any atom is -0.462 e. The van der Waals surface area contributed by atoms with Crippen molar-refractivity contribution >= 4 is 21.7 Å². The molecule has 0 aliphatic carbocycles. The van der Waals surface area contributed by atoms with Crippen LogP contribution in [0.3, 0.4) is 0 Å². The number of anilines is 1. The zero-order valence-corrected chi connectivity index (χ0v) is 12.8. The molecule has 2 N–H and O–H groups in total. The number of rotatable bonds is 5. The lowest BCUT2D eigenvalue weighted by atomic mass is 10.2. The van der Waals surface area contributed by atoms with Crippen molar-refractivity contribution in [1.82, 2.24) is 9.55 Å². The number of aryl methyl sites for hydroxylation is 2. The molecule has 0 aliphatic heterocycles. The smallest absolute Gasteiger partial charge is 0.342 e. The second kappa shape index (κ2) is 5.65. The fraction of sp³-hybridized carbons (Fsp3) is 0.308. The van der Waals surface area contributed by atoms with Gasteiger partial charge >= 0.3 is 5.97 Å². The van der Waals surface area contributed by atoms with Crippen molar-refractivity contribution in [2.75, 3.05) is 11.3 Å². The summed E-state index contributed by atoms with van der Waals surface area (Å²) in [5.41, 5.74) is 0.908. The van der Waals surface area contributed by atoms with Gasteiger partial charge < -0.3 is 14.3 Å². The summed E-state index contributed by atoms with van der Waals surface area (Å²) in [5.74, 6) is -0.568. The Morgan fingerprint density at radius 1 is 1.48 bits per heavy atom. The molecular weight excluding hydrogens is 294 g/mol. The number of sulfonamides is 1. The summed E-state index contributed by atoms with van der Waals surface area (Å²) in [6.45, 7) is 3.58. The van der Waals surface area contributed by atoms with Gasteiger partial charge in [0.05, 0.1) is 12.3 Å². The van der Waals surface area contributed by atoms with Gasteiger partial charge in [-0.15, -0.1) is 0 Å². The highest BCUT2D eigenvalue weighted by Crippen LogP contribution is 2.23. The molecule has 2 heterocycles. The average molecular weight is 311 g/mol. The lowest BCUT2D eigenvalue weighted by molar-refractivity contribution is 0.0527. The fourth-order valence-electron chi connectivity index (χ4n) is 1.91. The Labute approximate surface area is 123 Å². The minimum absolute atomic E-state index is 0.124. The number of aromatic nitrogens is 2. The molecule has 0 saturated carbocycles. The maximum Gasteiger partial charge on any atom is 0.342 e. The maximum absolute atomic E-state index is 12.3. The first-order chi connectivity index (χ1) is 9.85. The molecule has 8 heteroatoms. The van der Waals surface area contributed by atoms with E-state index in [-0.39, 0.29) is 22.8 Å². The number of carbonyl (C=O) groups is 1. The van der Waals surface area contributed by atoms with Crippen molar-refractivity contribution in [2.45, 2.75) is 18.7 Å². The zero-order chi connectivity index (χ0) is 15.6. The highest BCUT2D eigenvalue weighted by molar-refractivity contribution is 7.92. The van der Waals surface area contributed by atoms with E-state index in [2.05, 4.69) is 9.71 Å². The third kappa shape index (κ3) is 3.10. The highest BCUT2D eigenvalue weighted by Gasteiger charge is 2.23. The van der Waals surface area contributed by atoms with Crippen LogP contribution in [-0.2, 0) is 21.8 Å². The molecule has 0 fully saturated rings. The van der Waals surface area contributed by atoms with E-state index >= 15 is 0 Å². The predicted molar refractivity (Wildman–Crippen MR) is 77.7 cm³/mol. The van der Waals surface area contributed by atoms with E-state index in [9.17, 15) is 13.2 Å². The van der Waals surface area contributed by atoms with Gasteiger partial charge in [-0.3, -0.25) is 4.72 Å². The van der Waals surface area contributed by atoms with Crippen molar-refractivity contribution in [3.05, 3.63) is 35.9 Å². The number of carbonyl (C=O) groups excluding carboxylic acids is 1. The first kappa shape index (κ1) is 15.2. The zero-order valence-electron chi connectivity index (χ0n) is 12.0. The summed E-state index contributed by atoms with van der Waals surface area (Å²) in [6, 6.07) is 1.48. The van der Waals surface area contributed by atoms with Crippen LogP contribution in [0.2, 0.25) is 0 Å². The Bertz CT molecular complexity index is 758. The molecule has 0 atom stereocenters. The minimum atomic E-state index is -3.75. The van der Waals surface area contributed by atoms with E-state index < -0.39 is 16.0 Å². The van der Waals surface area contributed by atoms with Gasteiger partial charge in [-0.2, -0.15) is 0 Å². The summed E-state index contributed by atoms with van der Waals surface area (Å²) in [6.07, 6.45) is 4.54. The van der Waals surface area contributed by atoms with Crippen molar-refractivity contribution < 1.29 is 17.9 Å². The second-order valence-corrected chi connectivity index (χ2v) is 6.22. The Hall–Kier alpha value is -2.22. The Balaban J connectivity index is 2.34. The Kier molecular flexibility index (Phi) is 4.08. The molecule has 2 rings (SSSR count). The first-order valence-electron chi connectivity index (χ1n) is 6.35. The summed E-state index contributed by atoms with van der Waals surface area (Å²) in [5, 5.41) is 0. The van der Waals surface area contributed by atoms with E-state index in [0.29, 0.717) is 5.69 Å². The maximum atomic E-state index is 12.3. The predicted octanol–water partition coefficient (Wildman–Crippen LogP) is 1.64. The lowest BCUT2D eigenvalue weighted by Gasteiger charge is -2.08. The number of esters is 1. The number of H-pyrrole nitrogens is 1. The summed E-state index contributed by atoms with van der Waals surface area (Å²) in [4.78, 5) is 14.8. The van der Waals surface area contributed by atoms with Crippen LogP contribution in [0.5, 0.6) is 0 Å². The molecule has 114 valence electrons. The molecule has 2 aromatic rings. The molecule has 7 nitrogen and oxygen atoms in total. The summed E-state index contributed by atoms with van der Waals surface area (Å²) >= 11 is 0. The molecule has 0 bridgehead atoms. The third-order valence-corrected chi connectivity index (χ3v) is 4.27. The molecular formula is C13H17N3O4S. The van der Waals surface area contributed by atoms with Crippen LogP contribution in [0.4, 0.5) is 5.69 Å². The molecule has 0 radical (unpaired) electrons. The number of ether oxygens (including phenoxy) is 1. The topological polar surface area (TPSA) is 93.2 Å². The number of aromatic amines is 1. The molecule has 0 aromatic carbocycles. The van der Waals surface area contributed by atoms with Gasteiger partial charge in [-0.25, -0.2) is 13.2 Å². The van der Waals surface area contributed by atoms with Crippen LogP contribution in [0.1, 0.15) is 23.0 Å². The summed E-state index contributed by atoms with van der Waals surface area (Å²) < 4.78 is 33.5. The summed E-state index contributed by atoms with van der Waals surface area (Å²) in [7, 11) is -2.02. The lowest BCUT2D eigenvalue weighted by Crippen LogP contribution is -2.15. The van der Waals surface area contributed by atoms with Gasteiger partial charge in [0.15, 0.2) is 0 Å². The van der Waals surface area contributed by atoms with Crippen molar-refractivity contribution in [3.63, 3.8) is 0 Å².